The van der Waals surface area contributed by atoms with Crippen LogP contribution >= 0.6 is 11.3 Å². The minimum absolute atomic E-state index is 0.193. The average molecular weight is 533 g/mol. The number of sulfonamides is 1. The van der Waals surface area contributed by atoms with Gasteiger partial charge in [0.15, 0.2) is 5.13 Å². The molecule has 2 aromatic carbocycles. The Morgan fingerprint density at radius 2 is 1.75 bits per heavy atom. The van der Waals surface area contributed by atoms with Crippen LogP contribution in [0.25, 0.3) is 10.2 Å². The molecule has 0 unspecified atom stereocenters. The Morgan fingerprint density at radius 1 is 1.08 bits per heavy atom. The molecule has 1 aliphatic heterocycles. The summed E-state index contributed by atoms with van der Waals surface area (Å²) in [4.78, 5) is 22.2. The first-order valence-corrected chi connectivity index (χ1v) is 14.7. The first kappa shape index (κ1) is 26.7. The number of hydrogen-bond donors (Lipinski definition) is 0. The van der Waals surface area contributed by atoms with Gasteiger partial charge in [-0.15, -0.1) is 0 Å². The smallest absolute Gasteiger partial charge is 0.260 e. The van der Waals surface area contributed by atoms with Crippen LogP contribution in [0, 0.1) is 11.7 Å². The van der Waals surface area contributed by atoms with Crippen molar-refractivity contribution in [2.75, 3.05) is 44.2 Å². The lowest BCUT2D eigenvalue weighted by Crippen LogP contribution is -2.39. The zero-order chi connectivity index (χ0) is 25.9. The Morgan fingerprint density at radius 3 is 2.39 bits per heavy atom. The Balaban J connectivity index is 1.60. The second-order valence-corrected chi connectivity index (χ2v) is 12.2. The van der Waals surface area contributed by atoms with Crippen LogP contribution in [0.1, 0.15) is 44.0 Å². The van der Waals surface area contributed by atoms with Crippen molar-refractivity contribution < 1.29 is 17.6 Å². The second-order valence-electron chi connectivity index (χ2n) is 9.20. The van der Waals surface area contributed by atoms with Crippen molar-refractivity contribution >= 4 is 42.6 Å². The summed E-state index contributed by atoms with van der Waals surface area (Å²) in [5, 5.41) is 0.492. The lowest BCUT2D eigenvalue weighted by atomic mass is 10.0. The number of thiazole rings is 1. The summed E-state index contributed by atoms with van der Waals surface area (Å²) >= 11 is 1.27. The molecular formula is C26H33FN4O3S2. The van der Waals surface area contributed by atoms with Crippen LogP contribution in [0.2, 0.25) is 0 Å². The Labute approximate surface area is 216 Å². The number of benzene rings is 2. The number of aromatic nitrogens is 1. The van der Waals surface area contributed by atoms with E-state index < -0.39 is 10.0 Å². The molecule has 0 radical (unpaired) electrons. The maximum absolute atomic E-state index is 13.7. The molecule has 4 rings (SSSR count). The molecule has 0 atom stereocenters. The number of carbonyl (C=O) groups excluding carboxylic acids is 1. The number of amides is 1. The maximum atomic E-state index is 13.7. The van der Waals surface area contributed by atoms with Gasteiger partial charge in [0.2, 0.25) is 10.0 Å². The van der Waals surface area contributed by atoms with Crippen molar-refractivity contribution in [3.8, 4) is 0 Å². The molecule has 0 saturated carbocycles. The van der Waals surface area contributed by atoms with Crippen molar-refractivity contribution in [2.45, 2.75) is 38.5 Å². The van der Waals surface area contributed by atoms with Crippen LogP contribution in [-0.2, 0) is 10.0 Å². The van der Waals surface area contributed by atoms with E-state index in [0.717, 1.165) is 25.9 Å². The van der Waals surface area contributed by atoms with E-state index in [2.05, 4.69) is 30.7 Å². The van der Waals surface area contributed by atoms with Gasteiger partial charge in [-0.2, -0.15) is 4.31 Å². The predicted molar refractivity (Wildman–Crippen MR) is 143 cm³/mol. The third-order valence-corrected chi connectivity index (χ3v) is 9.79. The number of fused-ring (bicyclic) bond motifs is 1. The fourth-order valence-corrected chi connectivity index (χ4v) is 6.85. The van der Waals surface area contributed by atoms with Gasteiger partial charge in [0.05, 0.1) is 15.1 Å². The van der Waals surface area contributed by atoms with E-state index >= 15 is 0 Å². The monoisotopic (exact) mass is 532 g/mol. The van der Waals surface area contributed by atoms with Gasteiger partial charge in [0.25, 0.3) is 5.91 Å². The van der Waals surface area contributed by atoms with E-state index in [-0.39, 0.29) is 16.6 Å². The summed E-state index contributed by atoms with van der Waals surface area (Å²) in [6.07, 6.45) is 1.70. The van der Waals surface area contributed by atoms with Crippen LogP contribution in [0.5, 0.6) is 0 Å². The van der Waals surface area contributed by atoms with Gasteiger partial charge in [-0.05, 0) is 74.3 Å². The number of carbonyl (C=O) groups is 1. The molecule has 194 valence electrons. The van der Waals surface area contributed by atoms with Gasteiger partial charge in [0.1, 0.15) is 5.82 Å². The largest absolute Gasteiger partial charge is 0.302 e. The van der Waals surface area contributed by atoms with Gasteiger partial charge in [-0.3, -0.25) is 9.69 Å². The summed E-state index contributed by atoms with van der Waals surface area (Å²) in [6.45, 7) is 10.1. The molecule has 36 heavy (non-hydrogen) atoms. The fourth-order valence-electron chi connectivity index (χ4n) is 4.37. The standard InChI is InChI=1S/C26H33FN4O3S2/c1-4-29(5-2)16-17-31(26-28-23-11-8-21(27)18-24(23)35-26)25(32)20-6-9-22(10-7-20)36(33,34)30-14-12-19(3)13-15-30/h6-11,18-19H,4-5,12-17H2,1-3H3. The highest BCUT2D eigenvalue weighted by molar-refractivity contribution is 7.89. The number of likely N-dealkylation sites (N-methyl/N-ethyl adjacent to an activating group) is 1. The summed E-state index contributed by atoms with van der Waals surface area (Å²) in [5.74, 6) is -0.0890. The molecule has 0 bridgehead atoms. The van der Waals surface area contributed by atoms with E-state index in [9.17, 15) is 17.6 Å². The molecule has 2 heterocycles. The molecule has 10 heteroatoms. The maximum Gasteiger partial charge on any atom is 0.260 e. The fraction of sp³-hybridized carbons (Fsp3) is 0.462. The van der Waals surface area contributed by atoms with Gasteiger partial charge in [-0.1, -0.05) is 32.1 Å². The lowest BCUT2D eigenvalue weighted by Gasteiger charge is -2.29. The zero-order valence-electron chi connectivity index (χ0n) is 21.0. The van der Waals surface area contributed by atoms with Crippen LogP contribution in [0.15, 0.2) is 47.4 Å². The Hall–Kier alpha value is -2.40. The van der Waals surface area contributed by atoms with Crippen LogP contribution in [-0.4, -0.2) is 67.8 Å². The number of halogens is 1. The number of nitrogens with zero attached hydrogens (tertiary/aromatic N) is 4. The first-order chi connectivity index (χ1) is 17.2. The normalized spacial score (nSPS) is 15.6. The predicted octanol–water partition coefficient (Wildman–Crippen LogP) is 4.84. The van der Waals surface area contributed by atoms with E-state index in [1.54, 1.807) is 23.1 Å². The highest BCUT2D eigenvalue weighted by atomic mass is 32.2. The Kier molecular flexibility index (Phi) is 8.39. The van der Waals surface area contributed by atoms with E-state index in [1.165, 1.54) is 39.9 Å². The molecular weight excluding hydrogens is 499 g/mol. The van der Waals surface area contributed by atoms with Crippen molar-refractivity contribution in [2.24, 2.45) is 5.92 Å². The molecule has 1 saturated heterocycles. The molecule has 3 aromatic rings. The molecule has 1 aliphatic rings. The minimum Gasteiger partial charge on any atom is -0.302 e. The summed E-state index contributed by atoms with van der Waals surface area (Å²) in [7, 11) is -3.59. The van der Waals surface area contributed by atoms with Crippen LogP contribution in [0.4, 0.5) is 9.52 Å². The zero-order valence-corrected chi connectivity index (χ0v) is 22.6. The van der Waals surface area contributed by atoms with Crippen molar-refractivity contribution in [3.63, 3.8) is 0 Å². The molecule has 1 aromatic heterocycles. The van der Waals surface area contributed by atoms with E-state index in [0.29, 0.717) is 53.0 Å². The second kappa shape index (κ2) is 11.3. The number of hydrogen-bond acceptors (Lipinski definition) is 6. The van der Waals surface area contributed by atoms with Crippen molar-refractivity contribution in [1.29, 1.82) is 0 Å². The van der Waals surface area contributed by atoms with Crippen LogP contribution in [0.3, 0.4) is 0 Å². The van der Waals surface area contributed by atoms with Gasteiger partial charge < -0.3 is 4.90 Å². The minimum atomic E-state index is -3.59. The SMILES string of the molecule is CCN(CC)CCN(C(=O)c1ccc(S(=O)(=O)N2CCC(C)CC2)cc1)c1nc2ccc(F)cc2s1. The topological polar surface area (TPSA) is 73.8 Å². The highest BCUT2D eigenvalue weighted by Crippen LogP contribution is 2.31. The summed E-state index contributed by atoms with van der Waals surface area (Å²) in [5.41, 5.74) is 1.01. The first-order valence-electron chi connectivity index (χ1n) is 12.4. The molecule has 7 nitrogen and oxygen atoms in total. The van der Waals surface area contributed by atoms with Crippen molar-refractivity contribution in [1.82, 2.24) is 14.2 Å². The number of anilines is 1. The number of rotatable bonds is 9. The average Bonchev–Trinajstić information content (AvgIpc) is 3.29. The summed E-state index contributed by atoms with van der Waals surface area (Å²) in [6, 6.07) is 10.5. The third kappa shape index (κ3) is 5.77. The van der Waals surface area contributed by atoms with E-state index in [1.807, 2.05) is 0 Å². The van der Waals surface area contributed by atoms with Crippen molar-refractivity contribution in [3.05, 3.63) is 53.8 Å². The summed E-state index contributed by atoms with van der Waals surface area (Å²) < 4.78 is 42.1. The molecule has 0 spiro atoms. The molecule has 0 aliphatic carbocycles. The van der Waals surface area contributed by atoms with E-state index in [4.69, 9.17) is 0 Å². The molecule has 0 N–H and O–H groups in total. The lowest BCUT2D eigenvalue weighted by molar-refractivity contribution is 0.0983. The number of piperidine rings is 1. The third-order valence-electron chi connectivity index (χ3n) is 6.83. The van der Waals surface area contributed by atoms with Gasteiger partial charge >= 0.3 is 0 Å². The van der Waals surface area contributed by atoms with Gasteiger partial charge in [-0.25, -0.2) is 17.8 Å². The highest BCUT2D eigenvalue weighted by Gasteiger charge is 2.29. The van der Waals surface area contributed by atoms with Crippen LogP contribution < -0.4 is 4.90 Å². The quantitative estimate of drug-likeness (QED) is 0.394. The molecule has 1 fully saturated rings. The molecule has 1 amide bonds. The van der Waals surface area contributed by atoms with Gasteiger partial charge in [0, 0.05) is 31.7 Å². The Bertz CT molecular complexity index is 1300.